The molecule has 106 valence electrons. The van der Waals surface area contributed by atoms with Crippen molar-refractivity contribution in [2.45, 2.75) is 37.7 Å². The van der Waals surface area contributed by atoms with Crippen LogP contribution in [0.25, 0.3) is 11.4 Å². The zero-order valence-corrected chi connectivity index (χ0v) is 12.3. The Morgan fingerprint density at radius 2 is 2.00 bits per heavy atom. The second-order valence-corrected chi connectivity index (χ2v) is 5.94. The summed E-state index contributed by atoms with van der Waals surface area (Å²) >= 11 is 3.36. The molecule has 20 heavy (non-hydrogen) atoms. The molecule has 0 spiro atoms. The Balaban J connectivity index is 1.85. The van der Waals surface area contributed by atoms with E-state index in [9.17, 15) is 9.50 Å². The van der Waals surface area contributed by atoms with E-state index in [1.54, 1.807) is 6.07 Å². The Hall–Kier alpha value is -1.27. The number of halogens is 2. The van der Waals surface area contributed by atoms with Gasteiger partial charge in [-0.25, -0.2) is 4.39 Å². The van der Waals surface area contributed by atoms with E-state index in [0.717, 1.165) is 30.2 Å². The molecular formula is C14H14BrFN2O2. The standard InChI is InChI=1S/C14H14BrFN2O2/c15-12-6-3-9(16)7-11(12)13-17-14(20-18-13)8-1-4-10(19)5-2-8/h3,6-8,10,19H,1-2,4-5H2. The van der Waals surface area contributed by atoms with Gasteiger partial charge < -0.3 is 9.63 Å². The summed E-state index contributed by atoms with van der Waals surface area (Å²) < 4.78 is 19.3. The molecule has 0 atom stereocenters. The van der Waals surface area contributed by atoms with Crippen LogP contribution in [0.5, 0.6) is 0 Å². The first-order chi connectivity index (χ1) is 9.63. The van der Waals surface area contributed by atoms with Crippen molar-refractivity contribution in [1.82, 2.24) is 10.1 Å². The maximum atomic E-state index is 13.3. The van der Waals surface area contributed by atoms with Crippen LogP contribution in [-0.4, -0.2) is 21.4 Å². The molecule has 1 aliphatic carbocycles. The fourth-order valence-electron chi connectivity index (χ4n) is 2.50. The third kappa shape index (κ3) is 2.76. The number of rotatable bonds is 2. The molecular weight excluding hydrogens is 327 g/mol. The highest BCUT2D eigenvalue weighted by molar-refractivity contribution is 9.10. The van der Waals surface area contributed by atoms with Crippen molar-refractivity contribution < 1.29 is 14.0 Å². The predicted molar refractivity (Wildman–Crippen MR) is 74.6 cm³/mol. The molecule has 1 N–H and O–H groups in total. The van der Waals surface area contributed by atoms with E-state index in [-0.39, 0.29) is 17.8 Å². The Bertz CT molecular complexity index is 609. The molecule has 3 rings (SSSR count). The third-order valence-electron chi connectivity index (χ3n) is 3.66. The van der Waals surface area contributed by atoms with Crippen LogP contribution in [0.2, 0.25) is 0 Å². The number of hydrogen-bond acceptors (Lipinski definition) is 4. The van der Waals surface area contributed by atoms with Crippen LogP contribution >= 0.6 is 15.9 Å². The zero-order chi connectivity index (χ0) is 14.1. The smallest absolute Gasteiger partial charge is 0.230 e. The summed E-state index contributed by atoms with van der Waals surface area (Å²) in [6.45, 7) is 0. The monoisotopic (exact) mass is 340 g/mol. The van der Waals surface area contributed by atoms with E-state index in [0.29, 0.717) is 17.3 Å². The van der Waals surface area contributed by atoms with E-state index in [1.807, 2.05) is 0 Å². The third-order valence-corrected chi connectivity index (χ3v) is 4.35. The maximum absolute atomic E-state index is 13.3. The Morgan fingerprint density at radius 1 is 1.25 bits per heavy atom. The SMILES string of the molecule is OC1CCC(c2nc(-c3cc(F)ccc3Br)no2)CC1. The number of aliphatic hydroxyl groups is 1. The van der Waals surface area contributed by atoms with Gasteiger partial charge in [0.1, 0.15) is 5.82 Å². The van der Waals surface area contributed by atoms with Gasteiger partial charge in [-0.1, -0.05) is 21.1 Å². The zero-order valence-electron chi connectivity index (χ0n) is 10.7. The van der Waals surface area contributed by atoms with Gasteiger partial charge in [0.05, 0.1) is 6.10 Å². The van der Waals surface area contributed by atoms with Crippen molar-refractivity contribution in [1.29, 1.82) is 0 Å². The first-order valence-electron chi connectivity index (χ1n) is 6.60. The van der Waals surface area contributed by atoms with Crippen molar-refractivity contribution in [3.63, 3.8) is 0 Å². The van der Waals surface area contributed by atoms with E-state index in [1.165, 1.54) is 12.1 Å². The molecule has 4 nitrogen and oxygen atoms in total. The highest BCUT2D eigenvalue weighted by Crippen LogP contribution is 2.34. The summed E-state index contributed by atoms with van der Waals surface area (Å²) in [6.07, 6.45) is 2.98. The van der Waals surface area contributed by atoms with Crippen LogP contribution in [0.1, 0.15) is 37.5 Å². The minimum atomic E-state index is -0.338. The van der Waals surface area contributed by atoms with Gasteiger partial charge in [0.2, 0.25) is 11.7 Å². The normalized spacial score (nSPS) is 22.9. The minimum Gasteiger partial charge on any atom is -0.393 e. The van der Waals surface area contributed by atoms with Crippen molar-refractivity contribution in [3.8, 4) is 11.4 Å². The number of benzene rings is 1. The van der Waals surface area contributed by atoms with Crippen LogP contribution < -0.4 is 0 Å². The molecule has 0 amide bonds. The lowest BCUT2D eigenvalue weighted by molar-refractivity contribution is 0.116. The van der Waals surface area contributed by atoms with Crippen LogP contribution in [0, 0.1) is 5.82 Å². The summed E-state index contributed by atoms with van der Waals surface area (Å²) in [5.74, 6) is 0.808. The lowest BCUT2D eigenvalue weighted by Gasteiger charge is -2.22. The molecule has 6 heteroatoms. The predicted octanol–water partition coefficient (Wildman–Crippen LogP) is 3.66. The summed E-state index contributed by atoms with van der Waals surface area (Å²) in [6, 6.07) is 4.37. The van der Waals surface area contributed by atoms with Crippen molar-refractivity contribution in [3.05, 3.63) is 34.4 Å². The fourth-order valence-corrected chi connectivity index (χ4v) is 2.93. The molecule has 0 saturated heterocycles. The van der Waals surface area contributed by atoms with E-state index in [2.05, 4.69) is 26.1 Å². The van der Waals surface area contributed by atoms with E-state index < -0.39 is 0 Å². The van der Waals surface area contributed by atoms with Crippen molar-refractivity contribution in [2.24, 2.45) is 0 Å². The molecule has 1 aliphatic rings. The van der Waals surface area contributed by atoms with Gasteiger partial charge in [0.25, 0.3) is 0 Å². The molecule has 1 aromatic heterocycles. The fraction of sp³-hybridized carbons (Fsp3) is 0.429. The first kappa shape index (κ1) is 13.7. The highest BCUT2D eigenvalue weighted by atomic mass is 79.9. The molecule has 1 saturated carbocycles. The molecule has 2 aromatic rings. The lowest BCUT2D eigenvalue weighted by Crippen LogP contribution is -2.17. The van der Waals surface area contributed by atoms with Gasteiger partial charge in [-0.05, 0) is 43.9 Å². The molecule has 0 aliphatic heterocycles. The lowest BCUT2D eigenvalue weighted by atomic mass is 9.87. The maximum Gasteiger partial charge on any atom is 0.230 e. The van der Waals surface area contributed by atoms with E-state index >= 15 is 0 Å². The van der Waals surface area contributed by atoms with Crippen LogP contribution in [0.4, 0.5) is 4.39 Å². The van der Waals surface area contributed by atoms with Crippen molar-refractivity contribution >= 4 is 15.9 Å². The second kappa shape index (κ2) is 5.61. The van der Waals surface area contributed by atoms with Gasteiger partial charge >= 0.3 is 0 Å². The topological polar surface area (TPSA) is 59.2 Å². The van der Waals surface area contributed by atoms with Gasteiger partial charge in [0.15, 0.2) is 0 Å². The first-order valence-corrected chi connectivity index (χ1v) is 7.40. The molecule has 0 bridgehead atoms. The number of hydrogen-bond donors (Lipinski definition) is 1. The number of aliphatic hydroxyl groups excluding tert-OH is 1. The van der Waals surface area contributed by atoms with Crippen LogP contribution in [0.15, 0.2) is 27.2 Å². The van der Waals surface area contributed by atoms with Gasteiger partial charge in [-0.3, -0.25) is 0 Å². The average molecular weight is 341 g/mol. The largest absolute Gasteiger partial charge is 0.393 e. The Labute approximate surface area is 124 Å². The molecule has 1 aromatic carbocycles. The molecule has 0 radical (unpaired) electrons. The summed E-state index contributed by atoms with van der Waals surface area (Å²) in [5.41, 5.74) is 0.579. The minimum absolute atomic E-state index is 0.187. The molecule has 1 fully saturated rings. The highest BCUT2D eigenvalue weighted by Gasteiger charge is 2.26. The summed E-state index contributed by atoms with van der Waals surface area (Å²) in [5, 5.41) is 13.4. The van der Waals surface area contributed by atoms with Gasteiger partial charge in [-0.15, -0.1) is 0 Å². The summed E-state index contributed by atoms with van der Waals surface area (Å²) in [7, 11) is 0. The van der Waals surface area contributed by atoms with E-state index in [4.69, 9.17) is 4.52 Å². The average Bonchev–Trinajstić information content (AvgIpc) is 2.92. The van der Waals surface area contributed by atoms with Crippen LogP contribution in [0.3, 0.4) is 0 Å². The molecule has 0 unspecified atom stereocenters. The number of aromatic nitrogens is 2. The van der Waals surface area contributed by atoms with Gasteiger partial charge in [0, 0.05) is 16.0 Å². The van der Waals surface area contributed by atoms with Gasteiger partial charge in [-0.2, -0.15) is 4.98 Å². The quantitative estimate of drug-likeness (QED) is 0.906. The van der Waals surface area contributed by atoms with Crippen molar-refractivity contribution in [2.75, 3.05) is 0 Å². The second-order valence-electron chi connectivity index (χ2n) is 5.09. The Kier molecular flexibility index (Phi) is 3.85. The number of nitrogens with zero attached hydrogens (tertiary/aromatic N) is 2. The summed E-state index contributed by atoms with van der Waals surface area (Å²) in [4.78, 5) is 4.38. The Morgan fingerprint density at radius 3 is 2.75 bits per heavy atom. The van der Waals surface area contributed by atoms with Crippen LogP contribution in [-0.2, 0) is 0 Å². The molecule has 1 heterocycles.